The first-order valence-electron chi connectivity index (χ1n) is 6.31. The van der Waals surface area contributed by atoms with Crippen molar-refractivity contribution in [3.8, 4) is 0 Å². The molecule has 5 nitrogen and oxygen atoms in total. The molecule has 0 saturated heterocycles. The van der Waals surface area contributed by atoms with E-state index in [2.05, 4.69) is 11.9 Å². The molecule has 2 amide bonds. The van der Waals surface area contributed by atoms with Crippen LogP contribution in [0, 0.1) is 13.8 Å². The van der Waals surface area contributed by atoms with Gasteiger partial charge in [0.15, 0.2) is 0 Å². The maximum Gasteiger partial charge on any atom is 0.299 e. The predicted molar refractivity (Wildman–Crippen MR) is 75.8 cm³/mol. The minimum Gasteiger partial charge on any atom is -0.351 e. The lowest BCUT2D eigenvalue weighted by molar-refractivity contribution is -0.122. The van der Waals surface area contributed by atoms with Crippen LogP contribution < -0.4 is 10.2 Å². The lowest BCUT2D eigenvalue weighted by atomic mass is 10.0. The van der Waals surface area contributed by atoms with Gasteiger partial charge in [-0.05, 0) is 31.0 Å². The van der Waals surface area contributed by atoms with Crippen molar-refractivity contribution in [3.05, 3.63) is 41.5 Å². The number of fused-ring (bicyclic) bond motifs is 1. The zero-order valence-electron chi connectivity index (χ0n) is 11.5. The van der Waals surface area contributed by atoms with E-state index in [1.165, 1.54) is 4.90 Å². The fourth-order valence-corrected chi connectivity index (χ4v) is 2.21. The standard InChI is InChI=1S/C15H16N2O3/c1-4-7-16-12(18)8-17-13-10(3)9(2)5-6-11(13)14(19)15(17)20/h4-6H,1,7-8H2,2-3H3,(H,16,18). The van der Waals surface area contributed by atoms with Crippen LogP contribution in [0.2, 0.25) is 0 Å². The normalized spacial score (nSPS) is 13.4. The number of nitrogens with zero attached hydrogens (tertiary/aromatic N) is 1. The summed E-state index contributed by atoms with van der Waals surface area (Å²) in [5.41, 5.74) is 2.74. The second kappa shape index (κ2) is 5.28. The van der Waals surface area contributed by atoms with Crippen LogP contribution in [0.25, 0.3) is 0 Å². The number of nitrogens with one attached hydrogen (secondary N) is 1. The average molecular weight is 272 g/mol. The van der Waals surface area contributed by atoms with E-state index in [1.807, 2.05) is 13.8 Å². The Morgan fingerprint density at radius 1 is 1.35 bits per heavy atom. The summed E-state index contributed by atoms with van der Waals surface area (Å²) >= 11 is 0. The van der Waals surface area contributed by atoms with E-state index in [4.69, 9.17) is 0 Å². The average Bonchev–Trinajstić information content (AvgIpc) is 2.66. The highest BCUT2D eigenvalue weighted by Crippen LogP contribution is 2.33. The van der Waals surface area contributed by atoms with Crippen LogP contribution in [0.15, 0.2) is 24.8 Å². The molecule has 1 aromatic carbocycles. The Hall–Kier alpha value is -2.43. The van der Waals surface area contributed by atoms with Gasteiger partial charge in [-0.1, -0.05) is 12.1 Å². The summed E-state index contributed by atoms with van der Waals surface area (Å²) in [6.45, 7) is 7.42. The van der Waals surface area contributed by atoms with Gasteiger partial charge >= 0.3 is 0 Å². The van der Waals surface area contributed by atoms with E-state index in [9.17, 15) is 14.4 Å². The van der Waals surface area contributed by atoms with Crippen LogP contribution in [-0.4, -0.2) is 30.7 Å². The minimum atomic E-state index is -0.651. The maximum atomic E-state index is 12.0. The van der Waals surface area contributed by atoms with Crippen LogP contribution in [0.4, 0.5) is 5.69 Å². The number of carbonyl (C=O) groups excluding carboxylic acids is 3. The van der Waals surface area contributed by atoms with E-state index < -0.39 is 11.7 Å². The van der Waals surface area contributed by atoms with Gasteiger partial charge in [-0.15, -0.1) is 6.58 Å². The van der Waals surface area contributed by atoms with Crippen molar-refractivity contribution in [1.82, 2.24) is 5.32 Å². The molecule has 2 rings (SSSR count). The number of aryl methyl sites for hydroxylation is 1. The highest BCUT2D eigenvalue weighted by Gasteiger charge is 2.38. The van der Waals surface area contributed by atoms with Crippen molar-refractivity contribution < 1.29 is 14.4 Å². The molecule has 0 fully saturated rings. The Kier molecular flexibility index (Phi) is 3.70. The zero-order valence-corrected chi connectivity index (χ0v) is 11.5. The van der Waals surface area contributed by atoms with E-state index in [-0.39, 0.29) is 12.5 Å². The maximum absolute atomic E-state index is 12.0. The molecule has 0 aromatic heterocycles. The molecule has 0 bridgehead atoms. The van der Waals surface area contributed by atoms with Gasteiger partial charge in [0.25, 0.3) is 11.7 Å². The summed E-state index contributed by atoms with van der Waals surface area (Å²) in [4.78, 5) is 36.9. The van der Waals surface area contributed by atoms with Gasteiger partial charge in [0.1, 0.15) is 6.54 Å². The molecule has 0 spiro atoms. The largest absolute Gasteiger partial charge is 0.351 e. The zero-order chi connectivity index (χ0) is 14.9. The fourth-order valence-electron chi connectivity index (χ4n) is 2.21. The summed E-state index contributed by atoms with van der Waals surface area (Å²) in [5, 5.41) is 2.60. The SMILES string of the molecule is C=CCNC(=O)CN1C(=O)C(=O)c2ccc(C)c(C)c21. The molecule has 5 heteroatoms. The highest BCUT2D eigenvalue weighted by atomic mass is 16.2. The molecule has 1 aromatic rings. The highest BCUT2D eigenvalue weighted by molar-refractivity contribution is 6.52. The Morgan fingerprint density at radius 3 is 2.70 bits per heavy atom. The van der Waals surface area contributed by atoms with E-state index >= 15 is 0 Å². The molecule has 1 N–H and O–H groups in total. The van der Waals surface area contributed by atoms with E-state index in [0.717, 1.165) is 11.1 Å². The molecular weight excluding hydrogens is 256 g/mol. The summed E-state index contributed by atoms with van der Waals surface area (Å²) in [6.07, 6.45) is 1.55. The van der Waals surface area contributed by atoms with Gasteiger partial charge in [0.2, 0.25) is 5.91 Å². The topological polar surface area (TPSA) is 66.5 Å². The molecule has 0 saturated carbocycles. The first kappa shape index (κ1) is 14.0. The fraction of sp³-hybridized carbons (Fsp3) is 0.267. The Morgan fingerprint density at radius 2 is 2.05 bits per heavy atom. The van der Waals surface area contributed by atoms with Crippen molar-refractivity contribution in [3.63, 3.8) is 0 Å². The van der Waals surface area contributed by atoms with Crippen molar-refractivity contribution >= 4 is 23.3 Å². The molecule has 0 unspecified atom stereocenters. The van der Waals surface area contributed by atoms with Crippen LogP contribution in [0.5, 0.6) is 0 Å². The molecule has 0 atom stereocenters. The Labute approximate surface area is 117 Å². The third kappa shape index (κ3) is 2.22. The predicted octanol–water partition coefficient (Wildman–Crippen LogP) is 1.13. The summed E-state index contributed by atoms with van der Waals surface area (Å²) in [6, 6.07) is 3.44. The monoisotopic (exact) mass is 272 g/mol. The summed E-state index contributed by atoms with van der Waals surface area (Å²) in [7, 11) is 0. The third-order valence-corrected chi connectivity index (χ3v) is 3.40. The number of carbonyl (C=O) groups is 3. The summed E-state index contributed by atoms with van der Waals surface area (Å²) in [5.74, 6) is -1.53. The first-order chi connectivity index (χ1) is 9.47. The number of hydrogen-bond acceptors (Lipinski definition) is 3. The van der Waals surface area contributed by atoms with Gasteiger partial charge in [-0.2, -0.15) is 0 Å². The van der Waals surface area contributed by atoms with E-state index in [0.29, 0.717) is 17.8 Å². The Balaban J connectivity index is 2.35. The Bertz CT molecular complexity index is 620. The minimum absolute atomic E-state index is 0.157. The second-order valence-electron chi connectivity index (χ2n) is 4.72. The number of hydrogen-bond donors (Lipinski definition) is 1. The van der Waals surface area contributed by atoms with Crippen molar-refractivity contribution in [2.45, 2.75) is 13.8 Å². The third-order valence-electron chi connectivity index (χ3n) is 3.40. The van der Waals surface area contributed by atoms with Crippen LogP contribution in [-0.2, 0) is 9.59 Å². The first-order valence-corrected chi connectivity index (χ1v) is 6.31. The molecule has 1 heterocycles. The molecule has 0 radical (unpaired) electrons. The molecule has 0 aliphatic carbocycles. The van der Waals surface area contributed by atoms with Gasteiger partial charge < -0.3 is 5.32 Å². The van der Waals surface area contributed by atoms with Crippen molar-refractivity contribution in [2.75, 3.05) is 18.0 Å². The van der Waals surface area contributed by atoms with Crippen molar-refractivity contribution in [1.29, 1.82) is 0 Å². The number of rotatable bonds is 4. The number of ketones is 1. The van der Waals surface area contributed by atoms with Gasteiger partial charge in [0.05, 0.1) is 11.3 Å². The second-order valence-corrected chi connectivity index (χ2v) is 4.72. The number of anilines is 1. The van der Waals surface area contributed by atoms with Crippen LogP contribution in [0.3, 0.4) is 0 Å². The molecule has 1 aliphatic rings. The molecule has 104 valence electrons. The molecule has 20 heavy (non-hydrogen) atoms. The number of benzene rings is 1. The van der Waals surface area contributed by atoms with Gasteiger partial charge in [-0.3, -0.25) is 19.3 Å². The number of Topliss-reactive ketones (excluding diaryl/α,β-unsaturated/α-hetero) is 1. The van der Waals surface area contributed by atoms with Gasteiger partial charge in [-0.25, -0.2) is 0 Å². The molecule has 1 aliphatic heterocycles. The van der Waals surface area contributed by atoms with E-state index in [1.54, 1.807) is 18.2 Å². The van der Waals surface area contributed by atoms with Crippen LogP contribution >= 0.6 is 0 Å². The lowest BCUT2D eigenvalue weighted by Gasteiger charge is -2.18. The van der Waals surface area contributed by atoms with Crippen LogP contribution in [0.1, 0.15) is 21.5 Å². The number of amides is 2. The summed E-state index contributed by atoms with van der Waals surface area (Å²) < 4.78 is 0. The smallest absolute Gasteiger partial charge is 0.299 e. The quantitative estimate of drug-likeness (QED) is 0.660. The van der Waals surface area contributed by atoms with Crippen molar-refractivity contribution in [2.24, 2.45) is 0 Å². The van der Waals surface area contributed by atoms with Gasteiger partial charge in [0, 0.05) is 6.54 Å². The molecular formula is C15H16N2O3. The lowest BCUT2D eigenvalue weighted by Crippen LogP contribution is -2.40.